The van der Waals surface area contributed by atoms with Crippen molar-refractivity contribution in [3.05, 3.63) is 50.7 Å². The van der Waals surface area contributed by atoms with Gasteiger partial charge in [-0.05, 0) is 36.2 Å². The van der Waals surface area contributed by atoms with E-state index < -0.39 is 0 Å². The summed E-state index contributed by atoms with van der Waals surface area (Å²) < 4.78 is 2.75. The second kappa shape index (κ2) is 4.80. The zero-order valence-electron chi connectivity index (χ0n) is 9.61. The monoisotopic (exact) mass is 313 g/mol. The zero-order chi connectivity index (χ0) is 12.6. The zero-order valence-corrected chi connectivity index (χ0v) is 12.0. The maximum atomic E-state index is 6.27. The lowest BCUT2D eigenvalue weighted by Gasteiger charge is -2.15. The molecule has 2 rings (SSSR count). The van der Waals surface area contributed by atoms with Crippen LogP contribution < -0.4 is 5.73 Å². The predicted molar refractivity (Wildman–Crippen MR) is 73.1 cm³/mol. The first-order valence-electron chi connectivity index (χ1n) is 5.19. The molecule has 1 atom stereocenters. The summed E-state index contributed by atoms with van der Waals surface area (Å²) in [6.45, 7) is 1.99. The maximum Gasteiger partial charge on any atom is 0.0740 e. The van der Waals surface area contributed by atoms with Crippen LogP contribution in [-0.4, -0.2) is 9.78 Å². The van der Waals surface area contributed by atoms with Crippen LogP contribution in [0.4, 0.5) is 0 Å². The summed E-state index contributed by atoms with van der Waals surface area (Å²) in [6.07, 6.45) is 1.81. The van der Waals surface area contributed by atoms with Gasteiger partial charge >= 0.3 is 0 Å². The van der Waals surface area contributed by atoms with Crippen molar-refractivity contribution in [2.45, 2.75) is 13.0 Å². The van der Waals surface area contributed by atoms with Gasteiger partial charge in [-0.25, -0.2) is 0 Å². The first-order valence-corrected chi connectivity index (χ1v) is 6.37. The van der Waals surface area contributed by atoms with E-state index in [9.17, 15) is 0 Å². The van der Waals surface area contributed by atoms with Crippen LogP contribution in [0.15, 0.2) is 28.9 Å². The molecule has 1 heterocycles. The Morgan fingerprint density at radius 1 is 1.47 bits per heavy atom. The van der Waals surface area contributed by atoms with Crippen molar-refractivity contribution in [3.63, 3.8) is 0 Å². The largest absolute Gasteiger partial charge is 0.319 e. The fraction of sp³-hybridized carbons (Fsp3) is 0.250. The van der Waals surface area contributed by atoms with Gasteiger partial charge in [0.15, 0.2) is 0 Å². The summed E-state index contributed by atoms with van der Waals surface area (Å²) in [7, 11) is 1.88. The number of hydrogen-bond acceptors (Lipinski definition) is 2. The van der Waals surface area contributed by atoms with Gasteiger partial charge in [-0.3, -0.25) is 4.68 Å². The Labute approximate surface area is 114 Å². The Bertz CT molecular complexity index is 531. The van der Waals surface area contributed by atoms with Gasteiger partial charge in [0.05, 0.1) is 17.9 Å². The quantitative estimate of drug-likeness (QED) is 0.925. The lowest BCUT2D eigenvalue weighted by Crippen LogP contribution is -2.17. The van der Waals surface area contributed by atoms with E-state index in [1.165, 1.54) is 0 Å². The highest BCUT2D eigenvalue weighted by Crippen LogP contribution is 2.30. The van der Waals surface area contributed by atoms with Crippen molar-refractivity contribution in [1.29, 1.82) is 0 Å². The molecule has 0 spiro atoms. The van der Waals surface area contributed by atoms with Crippen LogP contribution in [0.5, 0.6) is 0 Å². The average molecular weight is 315 g/mol. The van der Waals surface area contributed by atoms with E-state index in [1.807, 2.05) is 32.2 Å². The number of hydrogen-bond donors (Lipinski definition) is 1. The third kappa shape index (κ3) is 2.39. The van der Waals surface area contributed by atoms with Crippen LogP contribution >= 0.6 is 27.5 Å². The third-order valence-electron chi connectivity index (χ3n) is 2.76. The van der Waals surface area contributed by atoms with Gasteiger partial charge in [0.25, 0.3) is 0 Å². The van der Waals surface area contributed by atoms with Crippen molar-refractivity contribution in [2.75, 3.05) is 0 Å². The summed E-state index contributed by atoms with van der Waals surface area (Å²) in [5.74, 6) is 0. The van der Waals surface area contributed by atoms with E-state index in [4.69, 9.17) is 17.3 Å². The molecule has 0 aliphatic heterocycles. The summed E-state index contributed by atoms with van der Waals surface area (Å²) >= 11 is 9.61. The second-order valence-corrected chi connectivity index (χ2v) is 5.30. The summed E-state index contributed by atoms with van der Waals surface area (Å²) in [6, 6.07) is 5.41. The van der Waals surface area contributed by atoms with E-state index in [1.54, 1.807) is 10.9 Å². The Morgan fingerprint density at radius 2 is 2.18 bits per heavy atom. The van der Waals surface area contributed by atoms with Crippen LogP contribution in [0.3, 0.4) is 0 Å². The van der Waals surface area contributed by atoms with Gasteiger partial charge in [0, 0.05) is 16.5 Å². The minimum atomic E-state index is -0.271. The van der Waals surface area contributed by atoms with E-state index in [-0.39, 0.29) is 6.04 Å². The molecule has 0 bridgehead atoms. The van der Waals surface area contributed by atoms with E-state index in [0.717, 1.165) is 21.3 Å². The van der Waals surface area contributed by atoms with Crippen molar-refractivity contribution >= 4 is 27.5 Å². The Hall–Kier alpha value is -0.840. The molecule has 17 heavy (non-hydrogen) atoms. The molecule has 90 valence electrons. The minimum Gasteiger partial charge on any atom is -0.319 e. The van der Waals surface area contributed by atoms with E-state index in [2.05, 4.69) is 21.0 Å². The number of aromatic nitrogens is 2. The van der Waals surface area contributed by atoms with Crippen LogP contribution in [0, 0.1) is 6.92 Å². The molecule has 2 N–H and O–H groups in total. The minimum absolute atomic E-state index is 0.271. The normalized spacial score (nSPS) is 12.8. The molecule has 0 saturated carbocycles. The molecule has 0 aliphatic rings. The van der Waals surface area contributed by atoms with Crippen LogP contribution in [0.25, 0.3) is 0 Å². The first-order chi connectivity index (χ1) is 8.00. The Balaban J connectivity index is 2.50. The number of rotatable bonds is 2. The number of nitrogens with zero attached hydrogens (tertiary/aromatic N) is 2. The smallest absolute Gasteiger partial charge is 0.0740 e. The molecule has 3 nitrogen and oxygen atoms in total. The van der Waals surface area contributed by atoms with Gasteiger partial charge in [-0.15, -0.1) is 0 Å². The summed E-state index contributed by atoms with van der Waals surface area (Å²) in [5, 5.41) is 4.86. The maximum absolute atomic E-state index is 6.27. The molecule has 0 amide bonds. The number of benzene rings is 1. The highest BCUT2D eigenvalue weighted by Gasteiger charge is 2.18. The highest BCUT2D eigenvalue weighted by atomic mass is 79.9. The molecular weight excluding hydrogens is 302 g/mol. The lowest BCUT2D eigenvalue weighted by molar-refractivity contribution is 0.670. The number of nitrogens with two attached hydrogens (primary N) is 1. The molecule has 1 aromatic carbocycles. The molecule has 1 aromatic heterocycles. The van der Waals surface area contributed by atoms with Gasteiger partial charge in [0.2, 0.25) is 0 Å². The Kier molecular flexibility index (Phi) is 3.56. The first kappa shape index (κ1) is 12.6. The van der Waals surface area contributed by atoms with Crippen LogP contribution in [0.1, 0.15) is 22.9 Å². The third-order valence-corrected chi connectivity index (χ3v) is 3.60. The summed E-state index contributed by atoms with van der Waals surface area (Å²) in [4.78, 5) is 0. The van der Waals surface area contributed by atoms with Crippen molar-refractivity contribution in [3.8, 4) is 0 Å². The van der Waals surface area contributed by atoms with Crippen LogP contribution in [-0.2, 0) is 7.05 Å². The van der Waals surface area contributed by atoms with Crippen LogP contribution in [0.2, 0.25) is 5.02 Å². The van der Waals surface area contributed by atoms with Gasteiger partial charge in [0.1, 0.15) is 0 Å². The molecule has 5 heteroatoms. The van der Waals surface area contributed by atoms with Gasteiger partial charge in [-0.2, -0.15) is 5.10 Å². The highest BCUT2D eigenvalue weighted by molar-refractivity contribution is 9.10. The SMILES string of the molecule is Cc1cnn(C)c1C(N)c1cc(Br)ccc1Cl. The Morgan fingerprint density at radius 3 is 2.76 bits per heavy atom. The topological polar surface area (TPSA) is 43.8 Å². The number of halogens is 2. The van der Waals surface area contributed by atoms with E-state index in [0.29, 0.717) is 5.02 Å². The van der Waals surface area contributed by atoms with Gasteiger partial charge in [-0.1, -0.05) is 27.5 Å². The molecule has 0 aliphatic carbocycles. The van der Waals surface area contributed by atoms with Crippen molar-refractivity contribution < 1.29 is 0 Å². The molecule has 1 unspecified atom stereocenters. The molecule has 0 radical (unpaired) electrons. The fourth-order valence-electron chi connectivity index (χ4n) is 1.90. The molecule has 0 saturated heterocycles. The molecular formula is C12H13BrClN3. The van der Waals surface area contributed by atoms with Crippen molar-refractivity contribution in [1.82, 2.24) is 9.78 Å². The molecule has 0 fully saturated rings. The molecule has 2 aromatic rings. The fourth-order valence-corrected chi connectivity index (χ4v) is 2.52. The van der Waals surface area contributed by atoms with Gasteiger partial charge < -0.3 is 5.73 Å². The lowest BCUT2D eigenvalue weighted by atomic mass is 10.0. The second-order valence-electron chi connectivity index (χ2n) is 3.98. The predicted octanol–water partition coefficient (Wildman–Crippen LogP) is 3.19. The standard InChI is InChI=1S/C12H13BrClN3/c1-7-6-16-17(2)12(7)11(15)9-5-8(13)3-4-10(9)14/h3-6,11H,15H2,1-2H3. The van der Waals surface area contributed by atoms with E-state index >= 15 is 0 Å². The summed E-state index contributed by atoms with van der Waals surface area (Å²) in [5.41, 5.74) is 9.20. The van der Waals surface area contributed by atoms with Crippen molar-refractivity contribution in [2.24, 2.45) is 12.8 Å². The number of aryl methyl sites for hydroxylation is 2. The average Bonchev–Trinajstić information content (AvgIpc) is 2.61.